The first-order chi connectivity index (χ1) is 9.89. The first kappa shape index (κ1) is 19.2. The maximum atomic E-state index is 12.3. The molecular formula is C15H30N2O4S. The van der Waals surface area contributed by atoms with Crippen LogP contribution >= 0.6 is 0 Å². The SMILES string of the molecule is CC(CS(C)(=O)=O)NC1CCCN(C(=O)OC(C)(C)C)C1C. The summed E-state index contributed by atoms with van der Waals surface area (Å²) in [4.78, 5) is 14.0. The number of sulfone groups is 1. The Labute approximate surface area is 134 Å². The van der Waals surface area contributed by atoms with Gasteiger partial charge >= 0.3 is 6.09 Å². The van der Waals surface area contributed by atoms with Crippen LogP contribution in [0, 0.1) is 0 Å². The first-order valence-corrected chi connectivity index (χ1v) is 9.88. The van der Waals surface area contributed by atoms with Crippen molar-refractivity contribution in [2.45, 2.75) is 71.2 Å². The number of ether oxygens (including phenoxy) is 1. The van der Waals surface area contributed by atoms with E-state index in [1.165, 1.54) is 6.26 Å². The molecule has 1 aliphatic heterocycles. The molecule has 0 aromatic rings. The molecule has 1 N–H and O–H groups in total. The van der Waals surface area contributed by atoms with Crippen LogP contribution < -0.4 is 5.32 Å². The molecule has 1 aliphatic rings. The van der Waals surface area contributed by atoms with Gasteiger partial charge in [-0.25, -0.2) is 13.2 Å². The Bertz CT molecular complexity index is 484. The minimum absolute atomic E-state index is 0.0226. The molecule has 0 aromatic carbocycles. The van der Waals surface area contributed by atoms with Crippen LogP contribution in [0.3, 0.4) is 0 Å². The number of carbonyl (C=O) groups excluding carboxylic acids is 1. The fraction of sp³-hybridized carbons (Fsp3) is 0.933. The second kappa shape index (κ2) is 7.17. The Hall–Kier alpha value is -0.820. The largest absolute Gasteiger partial charge is 0.444 e. The molecule has 22 heavy (non-hydrogen) atoms. The normalized spacial score (nSPS) is 24.9. The molecule has 7 heteroatoms. The van der Waals surface area contributed by atoms with E-state index in [-0.39, 0.29) is 30.0 Å². The highest BCUT2D eigenvalue weighted by Crippen LogP contribution is 2.21. The lowest BCUT2D eigenvalue weighted by molar-refractivity contribution is 0.00658. The molecule has 1 rings (SSSR count). The van der Waals surface area contributed by atoms with Crippen molar-refractivity contribution in [3.63, 3.8) is 0 Å². The zero-order valence-electron chi connectivity index (χ0n) is 14.5. The topological polar surface area (TPSA) is 75.7 Å². The number of amides is 1. The average molecular weight is 334 g/mol. The fourth-order valence-electron chi connectivity index (χ4n) is 2.81. The van der Waals surface area contributed by atoms with Gasteiger partial charge in [-0.2, -0.15) is 0 Å². The summed E-state index contributed by atoms with van der Waals surface area (Å²) in [5.41, 5.74) is -0.513. The Morgan fingerprint density at radius 1 is 1.41 bits per heavy atom. The Morgan fingerprint density at radius 2 is 2.00 bits per heavy atom. The molecule has 0 aliphatic carbocycles. The number of nitrogens with zero attached hydrogens (tertiary/aromatic N) is 1. The molecule has 1 heterocycles. The van der Waals surface area contributed by atoms with Gasteiger partial charge in [-0.3, -0.25) is 0 Å². The molecule has 1 fully saturated rings. The van der Waals surface area contributed by atoms with Gasteiger partial charge < -0.3 is 15.0 Å². The molecule has 6 nitrogen and oxygen atoms in total. The first-order valence-electron chi connectivity index (χ1n) is 7.82. The Kier molecular flexibility index (Phi) is 6.27. The van der Waals surface area contributed by atoms with E-state index < -0.39 is 15.4 Å². The molecule has 1 saturated heterocycles. The summed E-state index contributed by atoms with van der Waals surface area (Å²) in [6.45, 7) is 10.1. The van der Waals surface area contributed by atoms with Gasteiger partial charge in [-0.05, 0) is 47.5 Å². The summed E-state index contributed by atoms with van der Waals surface area (Å²) >= 11 is 0. The molecule has 130 valence electrons. The van der Waals surface area contributed by atoms with E-state index in [4.69, 9.17) is 4.74 Å². The summed E-state index contributed by atoms with van der Waals surface area (Å²) in [6, 6.07) is -0.0790. The molecule has 3 atom stereocenters. The maximum absolute atomic E-state index is 12.3. The standard InChI is InChI=1S/C15H30N2O4S/c1-11(10-22(6,19)20)16-13-8-7-9-17(12(13)2)14(18)21-15(3,4)5/h11-13,16H,7-10H2,1-6H3. The van der Waals surface area contributed by atoms with Gasteiger partial charge in [0.2, 0.25) is 0 Å². The minimum Gasteiger partial charge on any atom is -0.444 e. The van der Waals surface area contributed by atoms with Crippen LogP contribution in [0.15, 0.2) is 0 Å². The van der Waals surface area contributed by atoms with Gasteiger partial charge in [0, 0.05) is 30.9 Å². The van der Waals surface area contributed by atoms with Crippen molar-refractivity contribution in [1.29, 1.82) is 0 Å². The number of piperidine rings is 1. The third-order valence-corrected chi connectivity index (χ3v) is 4.77. The lowest BCUT2D eigenvalue weighted by atomic mass is 9.97. The van der Waals surface area contributed by atoms with E-state index in [0.29, 0.717) is 6.54 Å². The van der Waals surface area contributed by atoms with Gasteiger partial charge in [-0.1, -0.05) is 0 Å². The van der Waals surface area contributed by atoms with Crippen molar-refractivity contribution in [3.05, 3.63) is 0 Å². The van der Waals surface area contributed by atoms with Crippen molar-refractivity contribution in [3.8, 4) is 0 Å². The van der Waals surface area contributed by atoms with Gasteiger partial charge in [0.25, 0.3) is 0 Å². The lowest BCUT2D eigenvalue weighted by Crippen LogP contribution is -2.57. The fourth-order valence-corrected chi connectivity index (χ4v) is 3.82. The zero-order chi connectivity index (χ0) is 17.1. The van der Waals surface area contributed by atoms with E-state index in [9.17, 15) is 13.2 Å². The second-order valence-electron chi connectivity index (χ2n) is 7.32. The summed E-state index contributed by atoms with van der Waals surface area (Å²) in [7, 11) is -3.01. The third kappa shape index (κ3) is 6.52. The van der Waals surface area contributed by atoms with Gasteiger partial charge in [0.1, 0.15) is 15.4 Å². The van der Waals surface area contributed by atoms with Crippen molar-refractivity contribution in [1.82, 2.24) is 10.2 Å². The molecule has 0 spiro atoms. The lowest BCUT2D eigenvalue weighted by Gasteiger charge is -2.41. The highest BCUT2D eigenvalue weighted by molar-refractivity contribution is 7.90. The van der Waals surface area contributed by atoms with Crippen molar-refractivity contribution in [2.75, 3.05) is 18.6 Å². The van der Waals surface area contributed by atoms with E-state index >= 15 is 0 Å². The summed E-state index contributed by atoms with van der Waals surface area (Å²) in [5, 5.41) is 3.34. The maximum Gasteiger partial charge on any atom is 0.410 e. The van der Waals surface area contributed by atoms with E-state index in [1.54, 1.807) is 4.90 Å². The van der Waals surface area contributed by atoms with Crippen LogP contribution in [-0.4, -0.2) is 61.7 Å². The molecule has 0 saturated carbocycles. The number of carbonyl (C=O) groups is 1. The predicted molar refractivity (Wildman–Crippen MR) is 87.7 cm³/mol. The van der Waals surface area contributed by atoms with Crippen LogP contribution in [0.2, 0.25) is 0 Å². The molecule has 0 aromatic heterocycles. The third-order valence-electron chi connectivity index (χ3n) is 3.67. The number of rotatable bonds is 4. The van der Waals surface area contributed by atoms with Crippen LogP contribution in [-0.2, 0) is 14.6 Å². The highest BCUT2D eigenvalue weighted by atomic mass is 32.2. The number of hydrogen-bond acceptors (Lipinski definition) is 5. The molecule has 3 unspecified atom stereocenters. The van der Waals surface area contributed by atoms with Crippen LogP contribution in [0.4, 0.5) is 4.79 Å². The van der Waals surface area contributed by atoms with Crippen molar-refractivity contribution >= 4 is 15.9 Å². The summed E-state index contributed by atoms with van der Waals surface area (Å²) in [6.07, 6.45) is 2.74. The quantitative estimate of drug-likeness (QED) is 0.848. The predicted octanol–water partition coefficient (Wildman–Crippen LogP) is 1.80. The minimum atomic E-state index is -3.01. The average Bonchev–Trinajstić information content (AvgIpc) is 2.26. The molecule has 1 amide bonds. The van der Waals surface area contributed by atoms with E-state index in [0.717, 1.165) is 12.8 Å². The van der Waals surface area contributed by atoms with Crippen LogP contribution in [0.25, 0.3) is 0 Å². The van der Waals surface area contributed by atoms with Crippen molar-refractivity contribution < 1.29 is 17.9 Å². The number of hydrogen-bond donors (Lipinski definition) is 1. The molecule has 0 radical (unpaired) electrons. The summed E-state index contributed by atoms with van der Waals surface area (Å²) < 4.78 is 28.2. The van der Waals surface area contributed by atoms with E-state index in [2.05, 4.69) is 5.32 Å². The molecular weight excluding hydrogens is 304 g/mol. The Balaban J connectivity index is 2.66. The van der Waals surface area contributed by atoms with Crippen LogP contribution in [0.5, 0.6) is 0 Å². The number of nitrogens with one attached hydrogen (secondary N) is 1. The smallest absolute Gasteiger partial charge is 0.410 e. The van der Waals surface area contributed by atoms with Gasteiger partial charge in [0.05, 0.1) is 5.75 Å². The highest BCUT2D eigenvalue weighted by Gasteiger charge is 2.34. The second-order valence-corrected chi connectivity index (χ2v) is 9.51. The van der Waals surface area contributed by atoms with Crippen molar-refractivity contribution in [2.24, 2.45) is 0 Å². The van der Waals surface area contributed by atoms with Crippen LogP contribution in [0.1, 0.15) is 47.5 Å². The number of likely N-dealkylation sites (tertiary alicyclic amines) is 1. The van der Waals surface area contributed by atoms with Gasteiger partial charge in [-0.15, -0.1) is 0 Å². The van der Waals surface area contributed by atoms with E-state index in [1.807, 2.05) is 34.6 Å². The molecule has 0 bridgehead atoms. The Morgan fingerprint density at radius 3 is 2.50 bits per heavy atom. The summed E-state index contributed by atoms with van der Waals surface area (Å²) in [5.74, 6) is 0.0999. The monoisotopic (exact) mass is 334 g/mol. The zero-order valence-corrected chi connectivity index (χ0v) is 15.4. The van der Waals surface area contributed by atoms with Gasteiger partial charge in [0.15, 0.2) is 0 Å².